The van der Waals surface area contributed by atoms with Crippen molar-refractivity contribution in [2.45, 2.75) is 50.3 Å². The molecule has 134 valence electrons. The summed E-state index contributed by atoms with van der Waals surface area (Å²) in [5.74, 6) is -1.45. The zero-order chi connectivity index (χ0) is 18.7. The Morgan fingerprint density at radius 2 is 1.88 bits per heavy atom. The number of aliphatic carboxylic acids is 1. The first kappa shape index (κ1) is 20.0. The topological polar surface area (TPSA) is 136 Å². The number of hydrogen-bond acceptors (Lipinski definition) is 6. The highest BCUT2D eigenvalue weighted by Crippen LogP contribution is 2.23. The molecule has 0 aliphatic carbocycles. The summed E-state index contributed by atoms with van der Waals surface area (Å²) >= 11 is 0. The van der Waals surface area contributed by atoms with Gasteiger partial charge >= 0.3 is 5.97 Å². The van der Waals surface area contributed by atoms with E-state index in [-0.39, 0.29) is 0 Å². The Bertz CT molecular complexity index is 725. The zero-order valence-electron chi connectivity index (χ0n) is 13.7. The summed E-state index contributed by atoms with van der Waals surface area (Å²) in [6.45, 7) is 6.49. The van der Waals surface area contributed by atoms with E-state index < -0.39 is 49.2 Å². The molecule has 0 saturated carbocycles. The molecule has 1 aromatic rings. The highest BCUT2D eigenvalue weighted by atomic mass is 32.2. The molecule has 24 heavy (non-hydrogen) atoms. The molecule has 0 fully saturated rings. The Labute approximate surface area is 139 Å². The van der Waals surface area contributed by atoms with Crippen molar-refractivity contribution in [3.63, 3.8) is 0 Å². The van der Waals surface area contributed by atoms with Crippen LogP contribution in [0.1, 0.15) is 27.7 Å². The Hall–Kier alpha value is -2.04. The molecule has 2 N–H and O–H groups in total. The third kappa shape index (κ3) is 5.25. The van der Waals surface area contributed by atoms with Gasteiger partial charge in [0.15, 0.2) is 4.90 Å². The maximum atomic E-state index is 12.4. The van der Waals surface area contributed by atoms with Gasteiger partial charge in [-0.1, -0.05) is 12.1 Å². The van der Waals surface area contributed by atoms with Crippen LogP contribution in [0.25, 0.3) is 0 Å². The smallest absolute Gasteiger partial charge is 0.324 e. The highest BCUT2D eigenvalue weighted by molar-refractivity contribution is 7.89. The minimum atomic E-state index is -4.43. The molecular formula is C14H20N2O7S. The van der Waals surface area contributed by atoms with Gasteiger partial charge in [0.2, 0.25) is 10.0 Å². The second kappa shape index (κ2) is 7.24. The molecule has 2 atom stereocenters. The number of rotatable bonds is 7. The minimum Gasteiger partial charge on any atom is -0.480 e. The largest absolute Gasteiger partial charge is 0.480 e. The number of ether oxygens (including phenoxy) is 1. The molecule has 1 rings (SSSR count). The Kier molecular flexibility index (Phi) is 6.04. The van der Waals surface area contributed by atoms with Crippen LogP contribution >= 0.6 is 0 Å². The van der Waals surface area contributed by atoms with Gasteiger partial charge in [0.05, 0.1) is 16.6 Å². The van der Waals surface area contributed by atoms with E-state index in [1.165, 1.54) is 19.1 Å². The predicted octanol–water partition coefficient (Wildman–Crippen LogP) is 1.53. The highest BCUT2D eigenvalue weighted by Gasteiger charge is 2.35. The van der Waals surface area contributed by atoms with Crippen molar-refractivity contribution in [1.29, 1.82) is 0 Å². The van der Waals surface area contributed by atoms with Crippen molar-refractivity contribution < 1.29 is 28.0 Å². The molecule has 0 saturated heterocycles. The van der Waals surface area contributed by atoms with Crippen LogP contribution in [0.4, 0.5) is 5.69 Å². The van der Waals surface area contributed by atoms with Crippen LogP contribution in [0, 0.1) is 10.1 Å². The van der Waals surface area contributed by atoms with Gasteiger partial charge in [-0.15, -0.1) is 0 Å². The lowest BCUT2D eigenvalue weighted by atomic mass is 10.1. The van der Waals surface area contributed by atoms with Gasteiger partial charge in [-0.3, -0.25) is 14.9 Å². The van der Waals surface area contributed by atoms with Gasteiger partial charge in [-0.05, 0) is 33.8 Å². The molecule has 0 aliphatic heterocycles. The van der Waals surface area contributed by atoms with Crippen molar-refractivity contribution in [2.24, 2.45) is 0 Å². The standard InChI is InChI=1S/C14H20N2O7S/c1-9(23-14(2,3)4)12(13(17)18)15-24(21,22)11-8-6-5-7-10(11)16(19)20/h5-9,12,15H,1-4H3,(H,17,18). The predicted molar refractivity (Wildman–Crippen MR) is 85.1 cm³/mol. The average Bonchev–Trinajstić information content (AvgIpc) is 2.42. The minimum absolute atomic E-state index is 0.607. The lowest BCUT2D eigenvalue weighted by Gasteiger charge is -2.29. The number of nitro benzene ring substituents is 1. The second-order valence-corrected chi connectivity index (χ2v) is 7.78. The first-order valence-corrected chi connectivity index (χ1v) is 8.50. The molecule has 0 aromatic heterocycles. The van der Waals surface area contributed by atoms with E-state index in [0.29, 0.717) is 0 Å². The number of para-hydroxylation sites is 1. The molecule has 0 heterocycles. The Morgan fingerprint density at radius 1 is 1.33 bits per heavy atom. The number of sulfonamides is 1. The van der Waals surface area contributed by atoms with Crippen LogP contribution < -0.4 is 4.72 Å². The molecule has 0 aliphatic rings. The number of nitrogens with one attached hydrogen (secondary N) is 1. The lowest BCUT2D eigenvalue weighted by molar-refractivity contribution is -0.387. The molecule has 2 unspecified atom stereocenters. The first-order valence-electron chi connectivity index (χ1n) is 7.01. The first-order chi connectivity index (χ1) is 10.8. The van der Waals surface area contributed by atoms with Gasteiger partial charge in [0.25, 0.3) is 5.69 Å². The van der Waals surface area contributed by atoms with E-state index in [2.05, 4.69) is 0 Å². The summed E-state index contributed by atoms with van der Waals surface area (Å²) in [6, 6.07) is 3.09. The summed E-state index contributed by atoms with van der Waals surface area (Å²) in [6.07, 6.45) is -1.000. The molecule has 10 heteroatoms. The number of carboxylic acid groups (broad SMARTS) is 1. The average molecular weight is 360 g/mol. The fraction of sp³-hybridized carbons (Fsp3) is 0.500. The van der Waals surface area contributed by atoms with E-state index in [4.69, 9.17) is 4.74 Å². The molecule has 9 nitrogen and oxygen atoms in total. The van der Waals surface area contributed by atoms with Crippen molar-refractivity contribution >= 4 is 21.7 Å². The van der Waals surface area contributed by atoms with Crippen LogP contribution in [0.5, 0.6) is 0 Å². The van der Waals surface area contributed by atoms with Crippen LogP contribution in [0.3, 0.4) is 0 Å². The quantitative estimate of drug-likeness (QED) is 0.556. The van der Waals surface area contributed by atoms with E-state index in [9.17, 15) is 28.4 Å². The van der Waals surface area contributed by atoms with Crippen LogP contribution in [-0.2, 0) is 19.6 Å². The Morgan fingerprint density at radius 3 is 2.33 bits per heavy atom. The van der Waals surface area contributed by atoms with Crippen LogP contribution in [0.15, 0.2) is 29.2 Å². The number of carbonyl (C=O) groups is 1. The number of carboxylic acids is 1. The summed E-state index contributed by atoms with van der Waals surface area (Å²) in [5, 5.41) is 20.3. The zero-order valence-corrected chi connectivity index (χ0v) is 14.5. The SMILES string of the molecule is CC(OC(C)(C)C)C(NS(=O)(=O)c1ccccc1[N+](=O)[O-])C(=O)O. The number of hydrogen-bond donors (Lipinski definition) is 2. The monoisotopic (exact) mass is 360 g/mol. The Balaban J connectivity index is 3.19. The van der Waals surface area contributed by atoms with Crippen molar-refractivity contribution in [3.8, 4) is 0 Å². The molecule has 0 radical (unpaired) electrons. The molecule has 0 spiro atoms. The second-order valence-electron chi connectivity index (χ2n) is 6.10. The molecular weight excluding hydrogens is 340 g/mol. The lowest BCUT2D eigenvalue weighted by Crippen LogP contribution is -2.50. The van der Waals surface area contributed by atoms with E-state index in [1.54, 1.807) is 20.8 Å². The molecule has 0 bridgehead atoms. The third-order valence-corrected chi connectivity index (χ3v) is 4.40. The number of nitrogens with zero attached hydrogens (tertiary/aromatic N) is 1. The van der Waals surface area contributed by atoms with E-state index in [1.807, 2.05) is 4.72 Å². The fourth-order valence-corrected chi connectivity index (χ4v) is 3.47. The van der Waals surface area contributed by atoms with Gasteiger partial charge < -0.3 is 9.84 Å². The van der Waals surface area contributed by atoms with Crippen LogP contribution in [-0.4, -0.2) is 42.2 Å². The van der Waals surface area contributed by atoms with Crippen LogP contribution in [0.2, 0.25) is 0 Å². The van der Waals surface area contributed by atoms with Gasteiger partial charge in [-0.25, -0.2) is 8.42 Å². The van der Waals surface area contributed by atoms with Gasteiger partial charge in [-0.2, -0.15) is 4.72 Å². The summed E-state index contributed by atoms with van der Waals surface area (Å²) in [4.78, 5) is 20.9. The molecule has 1 aromatic carbocycles. The van der Waals surface area contributed by atoms with Crippen molar-refractivity contribution in [1.82, 2.24) is 4.72 Å². The number of nitro groups is 1. The van der Waals surface area contributed by atoms with Crippen molar-refractivity contribution in [3.05, 3.63) is 34.4 Å². The number of benzene rings is 1. The molecule has 0 amide bonds. The maximum Gasteiger partial charge on any atom is 0.324 e. The maximum absolute atomic E-state index is 12.4. The fourth-order valence-electron chi connectivity index (χ4n) is 2.04. The third-order valence-electron chi connectivity index (χ3n) is 2.91. The van der Waals surface area contributed by atoms with Crippen molar-refractivity contribution in [2.75, 3.05) is 0 Å². The summed E-state index contributed by atoms with van der Waals surface area (Å²) < 4.78 is 32.3. The summed E-state index contributed by atoms with van der Waals surface area (Å²) in [7, 11) is -4.43. The van der Waals surface area contributed by atoms with Gasteiger partial charge in [0.1, 0.15) is 6.04 Å². The van der Waals surface area contributed by atoms with E-state index in [0.717, 1.165) is 12.1 Å². The normalized spacial score (nSPS) is 14.8. The summed E-state index contributed by atoms with van der Waals surface area (Å²) in [5.41, 5.74) is -1.34. The van der Waals surface area contributed by atoms with Gasteiger partial charge in [0, 0.05) is 6.07 Å². The van der Waals surface area contributed by atoms with E-state index >= 15 is 0 Å².